The molecule has 2 atom stereocenters. The molecule has 4 nitrogen and oxygen atoms in total. The summed E-state index contributed by atoms with van der Waals surface area (Å²) >= 11 is 0. The van der Waals surface area contributed by atoms with E-state index < -0.39 is 11.5 Å². The van der Waals surface area contributed by atoms with Crippen LogP contribution in [0.2, 0.25) is 0 Å². The molecule has 1 aliphatic heterocycles. The Hall–Kier alpha value is -1.81. The van der Waals surface area contributed by atoms with Crippen molar-refractivity contribution in [3.63, 3.8) is 0 Å². The van der Waals surface area contributed by atoms with Gasteiger partial charge in [0.2, 0.25) is 5.91 Å². The van der Waals surface area contributed by atoms with Crippen LogP contribution in [0.25, 0.3) is 0 Å². The highest BCUT2D eigenvalue weighted by Gasteiger charge is 2.35. The van der Waals surface area contributed by atoms with Crippen molar-refractivity contribution >= 4 is 11.6 Å². The van der Waals surface area contributed by atoms with E-state index in [1.165, 1.54) is 5.57 Å². The second-order valence-corrected chi connectivity index (χ2v) is 6.31. The predicted octanol–water partition coefficient (Wildman–Crippen LogP) is 2.62. The quantitative estimate of drug-likeness (QED) is 0.729. The summed E-state index contributed by atoms with van der Waals surface area (Å²) in [6.45, 7) is 5.98. The third-order valence-electron chi connectivity index (χ3n) is 4.10. The fourth-order valence-corrected chi connectivity index (χ4v) is 2.72. The van der Waals surface area contributed by atoms with E-state index in [9.17, 15) is 9.90 Å². The first kappa shape index (κ1) is 15.6. The zero-order valence-electron chi connectivity index (χ0n) is 12.9. The van der Waals surface area contributed by atoms with Crippen molar-refractivity contribution in [1.29, 1.82) is 0 Å². The average Bonchev–Trinajstić information content (AvgIpc) is 2.81. The number of carbonyl (C=O) groups excluding carboxylic acids is 1. The third kappa shape index (κ3) is 3.64. The monoisotopic (exact) mass is 288 g/mol. The summed E-state index contributed by atoms with van der Waals surface area (Å²) in [5, 5.41) is 14.1. The lowest BCUT2D eigenvalue weighted by molar-refractivity contribution is 0.0339. The van der Waals surface area contributed by atoms with Crippen molar-refractivity contribution < 1.29 is 9.90 Å². The maximum Gasteiger partial charge on any atom is 0.248 e. The third-order valence-corrected chi connectivity index (χ3v) is 4.10. The number of primary amides is 1. The summed E-state index contributed by atoms with van der Waals surface area (Å²) in [4.78, 5) is 11.2. The van der Waals surface area contributed by atoms with Gasteiger partial charge in [-0.15, -0.1) is 0 Å². The zero-order valence-corrected chi connectivity index (χ0v) is 12.9. The Labute approximate surface area is 126 Å². The van der Waals surface area contributed by atoms with E-state index in [1.54, 1.807) is 6.07 Å². The summed E-state index contributed by atoms with van der Waals surface area (Å²) in [7, 11) is 0. The molecule has 1 aromatic rings. The van der Waals surface area contributed by atoms with Crippen LogP contribution in [0.5, 0.6) is 0 Å². The van der Waals surface area contributed by atoms with Gasteiger partial charge in [0.25, 0.3) is 0 Å². The van der Waals surface area contributed by atoms with Gasteiger partial charge in [-0.2, -0.15) is 0 Å². The highest BCUT2D eigenvalue weighted by Crippen LogP contribution is 2.33. The van der Waals surface area contributed by atoms with Crippen molar-refractivity contribution in [2.24, 2.45) is 5.73 Å². The molecule has 0 saturated heterocycles. The number of aliphatic hydroxyl groups is 1. The Kier molecular flexibility index (Phi) is 4.37. The Morgan fingerprint density at radius 1 is 1.52 bits per heavy atom. The molecule has 0 aliphatic carbocycles. The first-order chi connectivity index (χ1) is 9.79. The molecule has 0 unspecified atom stereocenters. The molecule has 0 aromatic heterocycles. The number of nitrogens with one attached hydrogen (secondary N) is 1. The number of benzene rings is 1. The number of fused-ring (bicyclic) bond motifs is 1. The van der Waals surface area contributed by atoms with Crippen molar-refractivity contribution in [1.82, 2.24) is 0 Å². The Morgan fingerprint density at radius 2 is 2.24 bits per heavy atom. The predicted molar refractivity (Wildman–Crippen MR) is 85.4 cm³/mol. The van der Waals surface area contributed by atoms with Gasteiger partial charge in [-0.3, -0.25) is 4.79 Å². The van der Waals surface area contributed by atoms with Crippen LogP contribution >= 0.6 is 0 Å². The van der Waals surface area contributed by atoms with Crippen molar-refractivity contribution in [3.05, 3.63) is 41.0 Å². The number of hydrogen-bond acceptors (Lipinski definition) is 3. The zero-order chi connectivity index (χ0) is 15.6. The maximum atomic E-state index is 11.2. The molecular weight excluding hydrogens is 264 g/mol. The smallest absolute Gasteiger partial charge is 0.248 e. The first-order valence-electron chi connectivity index (χ1n) is 7.34. The number of carbonyl (C=O) groups is 1. The van der Waals surface area contributed by atoms with Crippen LogP contribution in [0, 0.1) is 0 Å². The van der Waals surface area contributed by atoms with Gasteiger partial charge in [-0.25, -0.2) is 0 Å². The molecule has 1 aromatic carbocycles. The number of allylic oxidation sites excluding steroid dienone is 2. The van der Waals surface area contributed by atoms with Crippen LogP contribution in [0.3, 0.4) is 0 Å². The Morgan fingerprint density at radius 3 is 2.86 bits per heavy atom. The largest absolute Gasteiger partial charge is 0.388 e. The highest BCUT2D eigenvalue weighted by atomic mass is 16.3. The van der Waals surface area contributed by atoms with E-state index in [-0.39, 0.29) is 6.04 Å². The second-order valence-electron chi connectivity index (χ2n) is 6.31. The molecule has 0 fully saturated rings. The SMILES string of the molecule is CC(C)=CCC[C@](C)(O)[C@H]1Cc2cc(C(N)=O)ccc2N1. The molecule has 0 saturated carbocycles. The fourth-order valence-electron chi connectivity index (χ4n) is 2.72. The van der Waals surface area contributed by atoms with Gasteiger partial charge in [0.15, 0.2) is 0 Å². The molecule has 4 N–H and O–H groups in total. The molecule has 0 radical (unpaired) electrons. The van der Waals surface area contributed by atoms with Crippen LogP contribution < -0.4 is 11.1 Å². The Balaban J connectivity index is 2.07. The van der Waals surface area contributed by atoms with E-state index in [0.717, 1.165) is 17.7 Å². The minimum Gasteiger partial charge on any atom is -0.388 e. The van der Waals surface area contributed by atoms with Crippen molar-refractivity contribution in [2.75, 3.05) is 5.32 Å². The standard InChI is InChI=1S/C17H24N2O2/c1-11(2)5-4-8-17(3,21)15-10-13-9-12(16(18)20)6-7-14(13)19-15/h5-7,9,15,19,21H,4,8,10H2,1-3H3,(H2,18,20)/t15-,17+/m1/s1. The molecule has 21 heavy (non-hydrogen) atoms. The first-order valence-corrected chi connectivity index (χ1v) is 7.34. The summed E-state index contributed by atoms with van der Waals surface area (Å²) < 4.78 is 0. The minimum atomic E-state index is -0.794. The molecule has 114 valence electrons. The number of hydrogen-bond donors (Lipinski definition) is 3. The van der Waals surface area contributed by atoms with Gasteiger partial charge in [-0.1, -0.05) is 11.6 Å². The second kappa shape index (κ2) is 5.90. The van der Waals surface area contributed by atoms with Gasteiger partial charge in [0.05, 0.1) is 11.6 Å². The number of nitrogens with two attached hydrogens (primary N) is 1. The van der Waals surface area contributed by atoms with Crippen LogP contribution in [-0.2, 0) is 6.42 Å². The molecule has 2 rings (SSSR count). The highest BCUT2D eigenvalue weighted by molar-refractivity contribution is 5.93. The van der Waals surface area contributed by atoms with Crippen LogP contribution in [-0.4, -0.2) is 22.7 Å². The molecule has 4 heteroatoms. The maximum absolute atomic E-state index is 11.2. The topological polar surface area (TPSA) is 75.3 Å². The van der Waals surface area contributed by atoms with Gasteiger partial charge in [0.1, 0.15) is 0 Å². The molecule has 0 bridgehead atoms. The summed E-state index contributed by atoms with van der Waals surface area (Å²) in [6, 6.07) is 5.36. The van der Waals surface area contributed by atoms with Crippen molar-refractivity contribution in [2.45, 2.75) is 51.7 Å². The Bertz CT molecular complexity index is 572. The van der Waals surface area contributed by atoms with Gasteiger partial charge >= 0.3 is 0 Å². The van der Waals surface area contributed by atoms with Gasteiger partial charge in [-0.05, 0) is 63.8 Å². The summed E-state index contributed by atoms with van der Waals surface area (Å²) in [5.41, 5.74) is 8.31. The summed E-state index contributed by atoms with van der Waals surface area (Å²) in [6.07, 6.45) is 4.41. The number of rotatable bonds is 5. The minimum absolute atomic E-state index is 0.0406. The van der Waals surface area contributed by atoms with E-state index in [4.69, 9.17) is 5.73 Å². The van der Waals surface area contributed by atoms with E-state index in [2.05, 4.69) is 25.2 Å². The van der Waals surface area contributed by atoms with E-state index in [0.29, 0.717) is 18.4 Å². The van der Waals surface area contributed by atoms with Crippen LogP contribution in [0.1, 0.15) is 49.5 Å². The molecule has 1 aliphatic rings. The van der Waals surface area contributed by atoms with Crippen LogP contribution in [0.15, 0.2) is 29.8 Å². The van der Waals surface area contributed by atoms with Crippen LogP contribution in [0.4, 0.5) is 5.69 Å². The number of amides is 1. The molecule has 0 spiro atoms. The van der Waals surface area contributed by atoms with Crippen molar-refractivity contribution in [3.8, 4) is 0 Å². The normalized spacial score (nSPS) is 19.3. The lowest BCUT2D eigenvalue weighted by atomic mass is 9.89. The molecule has 1 heterocycles. The summed E-state index contributed by atoms with van der Waals surface area (Å²) in [5.74, 6) is -0.420. The van der Waals surface area contributed by atoms with E-state index in [1.807, 2.05) is 19.1 Å². The fraction of sp³-hybridized carbons (Fsp3) is 0.471. The van der Waals surface area contributed by atoms with E-state index >= 15 is 0 Å². The van der Waals surface area contributed by atoms with Gasteiger partial charge in [0, 0.05) is 11.3 Å². The average molecular weight is 288 g/mol. The lowest BCUT2D eigenvalue weighted by Gasteiger charge is -2.30. The number of anilines is 1. The molecular formula is C17H24N2O2. The van der Waals surface area contributed by atoms with Gasteiger partial charge < -0.3 is 16.2 Å². The molecule has 1 amide bonds. The lowest BCUT2D eigenvalue weighted by Crippen LogP contribution is -2.43.